The lowest BCUT2D eigenvalue weighted by Crippen LogP contribution is -2.07. The van der Waals surface area contributed by atoms with Crippen molar-refractivity contribution in [3.63, 3.8) is 0 Å². The molecule has 0 fully saturated rings. The average molecular weight is 259 g/mol. The molecule has 3 nitrogen and oxygen atoms in total. The van der Waals surface area contributed by atoms with Gasteiger partial charge < -0.3 is 9.84 Å². The molecule has 0 radical (unpaired) electrons. The Morgan fingerprint density at radius 3 is 2.86 bits per heavy atom. The van der Waals surface area contributed by atoms with Crippen LogP contribution in [0.15, 0.2) is 18.2 Å². The first kappa shape index (κ1) is 11.0. The van der Waals surface area contributed by atoms with Crippen molar-refractivity contribution in [1.82, 2.24) is 0 Å². The Morgan fingerprint density at radius 2 is 2.29 bits per heavy atom. The Hall–Kier alpha value is -1.03. The molecule has 0 saturated carbocycles. The topological polar surface area (TPSA) is 46.5 Å². The molecule has 0 aliphatic heterocycles. The molecule has 0 spiro atoms. The molecule has 76 valence electrons. The Labute approximate surface area is 90.8 Å². The molecule has 4 heteroatoms. The zero-order chi connectivity index (χ0) is 10.6. The maximum Gasteiger partial charge on any atom is 0.342 e. The molecule has 1 aromatic rings. The van der Waals surface area contributed by atoms with Gasteiger partial charge in [0.05, 0.1) is 6.61 Å². The quantitative estimate of drug-likeness (QED) is 0.670. The van der Waals surface area contributed by atoms with Crippen LogP contribution in [0.4, 0.5) is 0 Å². The molecule has 0 bridgehead atoms. The highest BCUT2D eigenvalue weighted by atomic mass is 79.9. The van der Waals surface area contributed by atoms with Gasteiger partial charge in [-0.1, -0.05) is 28.1 Å². The second kappa shape index (κ2) is 5.00. The fourth-order valence-electron chi connectivity index (χ4n) is 1.14. The van der Waals surface area contributed by atoms with Crippen LogP contribution in [-0.2, 0) is 10.1 Å². The lowest BCUT2D eigenvalue weighted by atomic mass is 10.1. The zero-order valence-corrected chi connectivity index (χ0v) is 9.37. The third-order valence-corrected chi connectivity index (χ3v) is 2.36. The summed E-state index contributed by atoms with van der Waals surface area (Å²) in [6.45, 7) is 2.03. The number of halogens is 1. The largest absolute Gasteiger partial charge is 0.507 e. The maximum atomic E-state index is 11.4. The molecule has 1 N–H and O–H groups in total. The number of carbonyl (C=O) groups excluding carboxylic acids is 1. The average Bonchev–Trinajstić information content (AvgIpc) is 2.17. The highest BCUT2D eigenvalue weighted by Gasteiger charge is 2.15. The van der Waals surface area contributed by atoms with Gasteiger partial charge in [-0.05, 0) is 18.6 Å². The predicted molar refractivity (Wildman–Crippen MR) is 56.7 cm³/mol. The molecule has 0 saturated heterocycles. The van der Waals surface area contributed by atoms with E-state index in [1.165, 1.54) is 6.07 Å². The van der Waals surface area contributed by atoms with Crippen LogP contribution in [0.2, 0.25) is 0 Å². The van der Waals surface area contributed by atoms with Crippen molar-refractivity contribution in [2.45, 2.75) is 12.3 Å². The molecule has 1 rings (SSSR count). The monoisotopic (exact) mass is 258 g/mol. The summed E-state index contributed by atoms with van der Waals surface area (Å²) in [7, 11) is 0. The Balaban J connectivity index is 3.10. The van der Waals surface area contributed by atoms with Gasteiger partial charge >= 0.3 is 5.97 Å². The summed E-state index contributed by atoms with van der Waals surface area (Å²) >= 11 is 3.24. The molecular weight excluding hydrogens is 248 g/mol. The van der Waals surface area contributed by atoms with Gasteiger partial charge in [0.1, 0.15) is 11.3 Å². The van der Waals surface area contributed by atoms with Crippen molar-refractivity contribution < 1.29 is 14.6 Å². The number of phenols is 1. The number of hydrogen-bond donors (Lipinski definition) is 1. The maximum absolute atomic E-state index is 11.4. The van der Waals surface area contributed by atoms with Crippen LogP contribution in [0.25, 0.3) is 0 Å². The van der Waals surface area contributed by atoms with Crippen LogP contribution in [0.5, 0.6) is 5.75 Å². The Morgan fingerprint density at radius 1 is 1.57 bits per heavy atom. The van der Waals surface area contributed by atoms with Gasteiger partial charge in [0, 0.05) is 5.33 Å². The first-order valence-electron chi connectivity index (χ1n) is 4.24. The minimum Gasteiger partial charge on any atom is -0.507 e. The van der Waals surface area contributed by atoms with Gasteiger partial charge in [-0.3, -0.25) is 0 Å². The normalized spacial score (nSPS) is 9.86. The van der Waals surface area contributed by atoms with E-state index in [4.69, 9.17) is 4.74 Å². The Bertz CT molecular complexity index is 336. The van der Waals surface area contributed by atoms with Crippen LogP contribution in [-0.4, -0.2) is 17.7 Å². The lowest BCUT2D eigenvalue weighted by molar-refractivity contribution is 0.0522. The number of carbonyl (C=O) groups is 1. The summed E-state index contributed by atoms with van der Waals surface area (Å²) in [5.41, 5.74) is 0.967. The molecule has 0 aliphatic rings. The zero-order valence-electron chi connectivity index (χ0n) is 7.79. The van der Waals surface area contributed by atoms with Gasteiger partial charge in [-0.25, -0.2) is 4.79 Å². The molecule has 0 aromatic heterocycles. The van der Waals surface area contributed by atoms with E-state index in [1.54, 1.807) is 19.1 Å². The summed E-state index contributed by atoms with van der Waals surface area (Å²) in [5.74, 6) is -0.527. The first-order valence-corrected chi connectivity index (χ1v) is 5.36. The van der Waals surface area contributed by atoms with Crippen molar-refractivity contribution in [3.8, 4) is 5.75 Å². The van der Waals surface area contributed by atoms with E-state index in [9.17, 15) is 9.90 Å². The predicted octanol–water partition coefficient (Wildman–Crippen LogP) is 2.46. The first-order chi connectivity index (χ1) is 6.70. The molecule has 0 unspecified atom stereocenters. The fraction of sp³-hybridized carbons (Fsp3) is 0.300. The van der Waals surface area contributed by atoms with Gasteiger partial charge in [-0.2, -0.15) is 0 Å². The number of phenolic OH excluding ortho intramolecular Hbond substituents is 1. The second-order valence-electron chi connectivity index (χ2n) is 2.67. The second-order valence-corrected chi connectivity index (χ2v) is 3.23. The van der Waals surface area contributed by atoms with E-state index in [1.807, 2.05) is 0 Å². The third-order valence-electron chi connectivity index (χ3n) is 1.75. The summed E-state index contributed by atoms with van der Waals surface area (Å²) in [5, 5.41) is 10.0. The summed E-state index contributed by atoms with van der Waals surface area (Å²) in [6.07, 6.45) is 0. The standard InChI is InChI=1S/C10H11BrO3/c1-2-14-10(13)9-7(6-11)4-3-5-8(9)12/h3-5,12H,2,6H2,1H3. The summed E-state index contributed by atoms with van der Waals surface area (Å²) < 4.78 is 4.83. The minimum absolute atomic E-state index is 0.0413. The third kappa shape index (κ3) is 2.26. The van der Waals surface area contributed by atoms with Gasteiger partial charge in [-0.15, -0.1) is 0 Å². The number of ether oxygens (including phenoxy) is 1. The van der Waals surface area contributed by atoms with Gasteiger partial charge in [0.15, 0.2) is 0 Å². The molecule has 0 aliphatic carbocycles. The number of alkyl halides is 1. The van der Waals surface area contributed by atoms with E-state index in [0.717, 1.165) is 5.56 Å². The molecule has 0 heterocycles. The van der Waals surface area contributed by atoms with Crippen molar-refractivity contribution in [3.05, 3.63) is 29.3 Å². The van der Waals surface area contributed by atoms with E-state index in [-0.39, 0.29) is 11.3 Å². The molecular formula is C10H11BrO3. The lowest BCUT2D eigenvalue weighted by Gasteiger charge is -2.07. The van der Waals surface area contributed by atoms with Crippen LogP contribution in [0.1, 0.15) is 22.8 Å². The number of rotatable bonds is 3. The smallest absolute Gasteiger partial charge is 0.342 e. The SMILES string of the molecule is CCOC(=O)c1c(O)cccc1CBr. The number of hydrogen-bond acceptors (Lipinski definition) is 3. The summed E-state index contributed by atoms with van der Waals surface area (Å²) in [4.78, 5) is 11.4. The fourth-order valence-corrected chi connectivity index (χ4v) is 1.60. The minimum atomic E-state index is -0.486. The molecule has 1 aromatic carbocycles. The van der Waals surface area contributed by atoms with E-state index < -0.39 is 5.97 Å². The highest BCUT2D eigenvalue weighted by molar-refractivity contribution is 9.08. The Kier molecular flexibility index (Phi) is 3.95. The van der Waals surface area contributed by atoms with Crippen LogP contribution < -0.4 is 0 Å². The molecule has 0 amide bonds. The van der Waals surface area contributed by atoms with Gasteiger partial charge in [0.2, 0.25) is 0 Å². The number of benzene rings is 1. The van der Waals surface area contributed by atoms with E-state index in [0.29, 0.717) is 11.9 Å². The van der Waals surface area contributed by atoms with Crippen LogP contribution in [0, 0.1) is 0 Å². The number of aromatic hydroxyl groups is 1. The van der Waals surface area contributed by atoms with Crippen molar-refractivity contribution >= 4 is 21.9 Å². The highest BCUT2D eigenvalue weighted by Crippen LogP contribution is 2.23. The summed E-state index contributed by atoms with van der Waals surface area (Å²) in [6, 6.07) is 4.92. The van der Waals surface area contributed by atoms with E-state index in [2.05, 4.69) is 15.9 Å². The van der Waals surface area contributed by atoms with Crippen molar-refractivity contribution in [1.29, 1.82) is 0 Å². The van der Waals surface area contributed by atoms with Crippen molar-refractivity contribution in [2.75, 3.05) is 6.61 Å². The van der Waals surface area contributed by atoms with Crippen molar-refractivity contribution in [2.24, 2.45) is 0 Å². The van der Waals surface area contributed by atoms with E-state index >= 15 is 0 Å². The molecule has 14 heavy (non-hydrogen) atoms. The van der Waals surface area contributed by atoms with Crippen LogP contribution in [0.3, 0.4) is 0 Å². The van der Waals surface area contributed by atoms with Crippen LogP contribution >= 0.6 is 15.9 Å². The number of esters is 1. The molecule has 0 atom stereocenters. The van der Waals surface area contributed by atoms with Gasteiger partial charge in [0.25, 0.3) is 0 Å².